The highest BCUT2D eigenvalue weighted by molar-refractivity contribution is 6.99. The Morgan fingerprint density at radius 1 is 0.927 bits per heavy atom. The Bertz CT molecular complexity index is 1260. The van der Waals surface area contributed by atoms with E-state index in [1.54, 1.807) is 0 Å². The van der Waals surface area contributed by atoms with Gasteiger partial charge in [-0.2, -0.15) is 0 Å². The normalized spacial score (nSPS) is 23.9. The van der Waals surface area contributed by atoms with Gasteiger partial charge in [-0.3, -0.25) is 0 Å². The molecule has 0 saturated carbocycles. The monoisotopic (exact) mass is 575 g/mol. The highest BCUT2D eigenvalue weighted by Gasteiger charge is 2.61. The van der Waals surface area contributed by atoms with Gasteiger partial charge in [-0.1, -0.05) is 112 Å². The fourth-order valence-electron chi connectivity index (χ4n) is 5.93. The number of benzene rings is 3. The lowest BCUT2D eigenvalue weighted by Gasteiger charge is -2.48. The van der Waals surface area contributed by atoms with Crippen molar-refractivity contribution >= 4 is 24.8 Å². The summed E-state index contributed by atoms with van der Waals surface area (Å²) < 4.78 is 31.9. The molecule has 0 aromatic heterocycles. The van der Waals surface area contributed by atoms with Gasteiger partial charge >= 0.3 is 12.1 Å². The summed E-state index contributed by atoms with van der Waals surface area (Å²) in [7, 11) is -2.97. The van der Waals surface area contributed by atoms with Crippen LogP contribution in [0, 0.1) is 0 Å². The van der Waals surface area contributed by atoms with E-state index in [9.17, 15) is 4.79 Å². The smallest absolute Gasteiger partial charge is 0.408 e. The highest BCUT2D eigenvalue weighted by Crippen LogP contribution is 2.44. The standard InChI is InChI=1S/C33H41NO6Si/c1-25(39-41(31(2,3)4,27-17-11-7-12-18-27)28-19-13-8-14-20-28)29(33-37-22-21-32(5,40-33)24-38-33)34-30(35)36-23-26-15-9-6-10-16-26/h6-20,25,29H,21-24H2,1-5H3,(H,34,35)/t25?,29-,32?,33?/m0/s1. The third kappa shape index (κ3) is 5.98. The van der Waals surface area contributed by atoms with E-state index in [-0.39, 0.29) is 11.6 Å². The number of ether oxygens (including phenoxy) is 4. The molecule has 2 aliphatic rings. The van der Waals surface area contributed by atoms with Gasteiger partial charge in [0.05, 0.1) is 24.9 Å². The zero-order valence-corrected chi connectivity index (χ0v) is 25.6. The molecule has 41 heavy (non-hydrogen) atoms. The second-order valence-corrected chi connectivity index (χ2v) is 16.5. The average molecular weight is 576 g/mol. The molecule has 3 aromatic rings. The van der Waals surface area contributed by atoms with Gasteiger partial charge < -0.3 is 28.7 Å². The third-order valence-electron chi connectivity index (χ3n) is 8.02. The lowest BCUT2D eigenvalue weighted by molar-refractivity contribution is -0.383. The Morgan fingerprint density at radius 3 is 2.05 bits per heavy atom. The van der Waals surface area contributed by atoms with Crippen molar-refractivity contribution in [2.75, 3.05) is 13.2 Å². The number of hydrogen-bond donors (Lipinski definition) is 1. The van der Waals surface area contributed by atoms with Gasteiger partial charge in [-0.15, -0.1) is 0 Å². The summed E-state index contributed by atoms with van der Waals surface area (Å²) in [5.74, 6) is -1.50. The Morgan fingerprint density at radius 2 is 1.49 bits per heavy atom. The SMILES string of the molecule is CC(O[Si](c1ccccc1)(c1ccccc1)C(C)(C)C)[C@H](NC(=O)OCc1ccccc1)C12OCCC(C)(CO1)O2. The molecule has 0 spiro atoms. The molecular weight excluding hydrogens is 534 g/mol. The van der Waals surface area contributed by atoms with Crippen LogP contribution < -0.4 is 15.7 Å². The minimum atomic E-state index is -2.97. The van der Waals surface area contributed by atoms with Crippen molar-refractivity contribution in [1.82, 2.24) is 5.32 Å². The topological polar surface area (TPSA) is 75.3 Å². The van der Waals surface area contributed by atoms with Crippen molar-refractivity contribution in [3.63, 3.8) is 0 Å². The summed E-state index contributed by atoms with van der Waals surface area (Å²) in [5, 5.41) is 5.04. The zero-order valence-electron chi connectivity index (χ0n) is 24.6. The molecule has 8 heteroatoms. The summed E-state index contributed by atoms with van der Waals surface area (Å²) in [6.45, 7) is 11.6. The summed E-state index contributed by atoms with van der Waals surface area (Å²) in [6.07, 6.45) is -0.476. The molecular formula is C33H41NO6Si. The van der Waals surface area contributed by atoms with E-state index >= 15 is 0 Å². The molecule has 0 aliphatic carbocycles. The lowest BCUT2D eigenvalue weighted by atomic mass is 10.0. The van der Waals surface area contributed by atoms with E-state index in [2.05, 4.69) is 50.4 Å². The Balaban J connectivity index is 1.51. The number of alkyl carbamates (subject to hydrolysis) is 1. The fourth-order valence-corrected chi connectivity index (χ4v) is 10.6. The molecule has 218 valence electrons. The van der Waals surface area contributed by atoms with Crippen LogP contribution in [0.5, 0.6) is 0 Å². The predicted octanol–water partition coefficient (Wildman–Crippen LogP) is 5.13. The van der Waals surface area contributed by atoms with Gasteiger partial charge in [-0.05, 0) is 34.8 Å². The van der Waals surface area contributed by atoms with Gasteiger partial charge in [0, 0.05) is 6.42 Å². The highest BCUT2D eigenvalue weighted by atomic mass is 28.4. The van der Waals surface area contributed by atoms with Crippen LogP contribution in [0.25, 0.3) is 0 Å². The first-order valence-electron chi connectivity index (χ1n) is 14.3. The van der Waals surface area contributed by atoms with Gasteiger partial charge in [0.15, 0.2) is 0 Å². The van der Waals surface area contributed by atoms with Crippen molar-refractivity contribution in [3.8, 4) is 0 Å². The van der Waals surface area contributed by atoms with Crippen LogP contribution >= 0.6 is 0 Å². The first-order chi connectivity index (χ1) is 19.6. The molecule has 7 nitrogen and oxygen atoms in total. The molecule has 1 amide bonds. The van der Waals surface area contributed by atoms with Crippen LogP contribution in [-0.4, -0.2) is 51.3 Å². The molecule has 3 unspecified atom stereocenters. The van der Waals surface area contributed by atoms with E-state index in [0.717, 1.165) is 15.9 Å². The van der Waals surface area contributed by atoms with Crippen LogP contribution in [0.2, 0.25) is 5.04 Å². The Hall–Kier alpha value is -3.01. The van der Waals surface area contributed by atoms with Gasteiger partial charge in [0.1, 0.15) is 12.6 Å². The number of rotatable bonds is 9. The molecule has 2 fully saturated rings. The zero-order chi connectivity index (χ0) is 29.1. The number of fused-ring (bicyclic) bond motifs is 2. The lowest BCUT2D eigenvalue weighted by Crippen LogP contribution is -2.71. The van der Waals surface area contributed by atoms with E-state index < -0.39 is 38.1 Å². The minimum absolute atomic E-state index is 0.136. The van der Waals surface area contributed by atoms with Crippen LogP contribution in [0.15, 0.2) is 91.0 Å². The van der Waals surface area contributed by atoms with E-state index in [1.807, 2.05) is 80.6 Å². The molecule has 2 aliphatic heterocycles. The number of carbonyl (C=O) groups is 1. The molecule has 5 rings (SSSR count). The van der Waals surface area contributed by atoms with E-state index in [0.29, 0.717) is 19.6 Å². The van der Waals surface area contributed by atoms with Gasteiger partial charge in [-0.25, -0.2) is 4.79 Å². The van der Waals surface area contributed by atoms with Crippen LogP contribution in [-0.2, 0) is 30.0 Å². The van der Waals surface area contributed by atoms with Crippen LogP contribution in [0.4, 0.5) is 4.79 Å². The first kappa shape index (κ1) is 29.5. The van der Waals surface area contributed by atoms with Crippen LogP contribution in [0.3, 0.4) is 0 Å². The van der Waals surface area contributed by atoms with Crippen molar-refractivity contribution < 1.29 is 28.2 Å². The summed E-state index contributed by atoms with van der Waals surface area (Å²) in [4.78, 5) is 13.3. The summed E-state index contributed by atoms with van der Waals surface area (Å²) in [6, 6.07) is 29.6. The molecule has 3 aromatic carbocycles. The summed E-state index contributed by atoms with van der Waals surface area (Å²) in [5.41, 5.74) is 0.382. The third-order valence-corrected chi connectivity index (χ3v) is 13.1. The molecule has 1 N–H and O–H groups in total. The first-order valence-corrected chi connectivity index (χ1v) is 16.2. The molecule has 4 atom stereocenters. The Kier molecular flexibility index (Phi) is 8.41. The quantitative estimate of drug-likeness (QED) is 0.357. The molecule has 2 saturated heterocycles. The molecule has 2 heterocycles. The average Bonchev–Trinajstić information content (AvgIpc) is 3.22. The maximum absolute atomic E-state index is 13.3. The fraction of sp³-hybridized carbons (Fsp3) is 0.424. The Labute approximate surface area is 244 Å². The largest absolute Gasteiger partial charge is 0.445 e. The second kappa shape index (κ2) is 11.7. The van der Waals surface area contributed by atoms with E-state index in [4.69, 9.17) is 23.4 Å². The van der Waals surface area contributed by atoms with Crippen LogP contribution in [0.1, 0.15) is 46.6 Å². The number of hydrogen-bond acceptors (Lipinski definition) is 6. The van der Waals surface area contributed by atoms with Crippen molar-refractivity contribution in [2.24, 2.45) is 0 Å². The number of amides is 1. The van der Waals surface area contributed by atoms with Gasteiger partial charge in [0.25, 0.3) is 8.32 Å². The minimum Gasteiger partial charge on any atom is -0.445 e. The predicted molar refractivity (Wildman–Crippen MR) is 160 cm³/mol. The number of carbonyl (C=O) groups excluding carboxylic acids is 1. The van der Waals surface area contributed by atoms with Crippen molar-refractivity contribution in [1.29, 1.82) is 0 Å². The van der Waals surface area contributed by atoms with E-state index in [1.165, 1.54) is 0 Å². The maximum Gasteiger partial charge on any atom is 0.408 e. The van der Waals surface area contributed by atoms with Crippen molar-refractivity contribution in [2.45, 2.75) is 76.4 Å². The molecule has 0 radical (unpaired) electrons. The number of nitrogens with one attached hydrogen (secondary N) is 1. The molecule has 2 bridgehead atoms. The second-order valence-electron chi connectivity index (χ2n) is 12.2. The van der Waals surface area contributed by atoms with Crippen molar-refractivity contribution in [3.05, 3.63) is 96.6 Å². The maximum atomic E-state index is 13.3. The summed E-state index contributed by atoms with van der Waals surface area (Å²) >= 11 is 0. The van der Waals surface area contributed by atoms with Gasteiger partial charge in [0.2, 0.25) is 0 Å².